The van der Waals surface area contributed by atoms with Crippen LogP contribution in [0, 0.1) is 23.0 Å². The average Bonchev–Trinajstić information content (AvgIpc) is 2.61. The zero-order valence-electron chi connectivity index (χ0n) is 13.9. The topological polar surface area (TPSA) is 105 Å². The monoisotopic (exact) mass is 360 g/mol. The van der Waals surface area contributed by atoms with Crippen LogP contribution in [-0.2, 0) is 4.79 Å². The lowest BCUT2D eigenvalue weighted by Crippen LogP contribution is -2.51. The molecule has 10 heteroatoms. The molecule has 0 spiro atoms. The molecule has 2 N–H and O–H groups in total. The highest BCUT2D eigenvalue weighted by atomic mass is 19.1. The van der Waals surface area contributed by atoms with Crippen molar-refractivity contribution in [3.8, 4) is 11.8 Å². The molecule has 0 saturated heterocycles. The highest BCUT2D eigenvalue weighted by molar-refractivity contribution is 6.04. The number of phenolic OH excluding ortho intramolecular Hbond substituents is 1. The Morgan fingerprint density at radius 3 is 2.65 bits per heavy atom. The summed E-state index contributed by atoms with van der Waals surface area (Å²) < 4.78 is 26.9. The average molecular weight is 360 g/mol. The molecule has 26 heavy (non-hydrogen) atoms. The van der Waals surface area contributed by atoms with Gasteiger partial charge in [-0.1, -0.05) is 0 Å². The predicted octanol–water partition coefficient (Wildman–Crippen LogP) is 1.90. The summed E-state index contributed by atoms with van der Waals surface area (Å²) >= 11 is 0. The molecule has 1 amide bonds. The van der Waals surface area contributed by atoms with Crippen molar-refractivity contribution in [2.75, 3.05) is 28.7 Å². The Bertz CT molecular complexity index is 906. The first kappa shape index (κ1) is 17.3. The molecule has 0 saturated carbocycles. The van der Waals surface area contributed by atoms with Crippen LogP contribution in [-0.4, -0.2) is 40.6 Å². The van der Waals surface area contributed by atoms with Crippen molar-refractivity contribution in [2.24, 2.45) is 0 Å². The van der Waals surface area contributed by atoms with Crippen molar-refractivity contribution < 1.29 is 18.7 Å². The summed E-state index contributed by atoms with van der Waals surface area (Å²) in [6, 6.07) is 3.19. The quantitative estimate of drug-likeness (QED) is 0.636. The Morgan fingerprint density at radius 1 is 1.38 bits per heavy atom. The standard InChI is InChI=1S/C16H14F2N6O2/c1-8-15(26)24(4-3-19)12-7-20-16(22-14(12)23(8)2)21-9-5-10(17)13(25)11(18)6-9/h5-8,25H,4H2,1-2H3,(H,20,21,22)/t8-/m1/s1. The Balaban J connectivity index is 1.98. The first-order valence-corrected chi connectivity index (χ1v) is 7.56. The maximum atomic E-state index is 13.5. The van der Waals surface area contributed by atoms with Crippen molar-refractivity contribution in [3.05, 3.63) is 30.0 Å². The van der Waals surface area contributed by atoms with Crippen LogP contribution in [0.25, 0.3) is 0 Å². The van der Waals surface area contributed by atoms with Gasteiger partial charge in [0.05, 0.1) is 12.3 Å². The van der Waals surface area contributed by atoms with Gasteiger partial charge in [0.25, 0.3) is 5.91 Å². The van der Waals surface area contributed by atoms with Gasteiger partial charge in [-0.15, -0.1) is 0 Å². The number of rotatable bonds is 3. The minimum Gasteiger partial charge on any atom is -0.503 e. The molecule has 8 nitrogen and oxygen atoms in total. The second-order valence-corrected chi connectivity index (χ2v) is 5.69. The van der Waals surface area contributed by atoms with E-state index in [9.17, 15) is 13.6 Å². The van der Waals surface area contributed by atoms with Gasteiger partial charge < -0.3 is 15.3 Å². The second-order valence-electron chi connectivity index (χ2n) is 5.69. The minimum atomic E-state index is -1.12. The molecule has 0 fully saturated rings. The van der Waals surface area contributed by atoms with E-state index in [0.29, 0.717) is 11.5 Å². The SMILES string of the molecule is C[C@@H]1C(=O)N(CC#N)c2cnc(Nc3cc(F)c(O)c(F)c3)nc2N1C. The number of likely N-dealkylation sites (N-methyl/N-ethyl adjacent to an activating group) is 1. The van der Waals surface area contributed by atoms with E-state index in [1.807, 2.05) is 6.07 Å². The Kier molecular flexibility index (Phi) is 4.29. The van der Waals surface area contributed by atoms with Crippen molar-refractivity contribution in [2.45, 2.75) is 13.0 Å². The van der Waals surface area contributed by atoms with Gasteiger partial charge in [-0.25, -0.2) is 13.8 Å². The summed E-state index contributed by atoms with van der Waals surface area (Å²) in [5, 5.41) is 20.7. The fourth-order valence-corrected chi connectivity index (χ4v) is 2.57. The highest BCUT2D eigenvalue weighted by Crippen LogP contribution is 2.34. The number of halogens is 2. The molecule has 1 atom stereocenters. The van der Waals surface area contributed by atoms with E-state index >= 15 is 0 Å². The molecule has 134 valence electrons. The van der Waals surface area contributed by atoms with E-state index in [1.54, 1.807) is 18.9 Å². The van der Waals surface area contributed by atoms with Gasteiger partial charge >= 0.3 is 0 Å². The molecule has 1 aliphatic rings. The molecule has 3 rings (SSSR count). The lowest BCUT2D eigenvalue weighted by Gasteiger charge is -2.37. The lowest BCUT2D eigenvalue weighted by atomic mass is 10.1. The first-order valence-electron chi connectivity index (χ1n) is 7.56. The first-order chi connectivity index (χ1) is 12.3. The number of aromatic nitrogens is 2. The maximum absolute atomic E-state index is 13.5. The molecule has 0 aliphatic carbocycles. The summed E-state index contributed by atoms with van der Waals surface area (Å²) in [5.41, 5.74) is 0.375. The van der Waals surface area contributed by atoms with Crippen LogP contribution in [0.4, 0.5) is 31.9 Å². The highest BCUT2D eigenvalue weighted by Gasteiger charge is 2.35. The Labute approximate surface area is 147 Å². The summed E-state index contributed by atoms with van der Waals surface area (Å²) in [7, 11) is 1.67. The third-order valence-electron chi connectivity index (χ3n) is 4.08. The van der Waals surface area contributed by atoms with Gasteiger partial charge in [-0.05, 0) is 6.92 Å². The number of carbonyl (C=O) groups excluding carboxylic acids is 1. The van der Waals surface area contributed by atoms with Gasteiger partial charge in [-0.3, -0.25) is 9.69 Å². The number of aromatic hydroxyl groups is 1. The number of anilines is 4. The molecular weight excluding hydrogens is 346 g/mol. The van der Waals surface area contributed by atoms with Crippen LogP contribution in [0.1, 0.15) is 6.92 Å². The number of hydrogen-bond acceptors (Lipinski definition) is 7. The van der Waals surface area contributed by atoms with Gasteiger partial charge in [0.1, 0.15) is 18.3 Å². The number of carbonyl (C=O) groups is 1. The van der Waals surface area contributed by atoms with Crippen LogP contribution in [0.5, 0.6) is 5.75 Å². The summed E-state index contributed by atoms with van der Waals surface area (Å²) in [6.07, 6.45) is 1.36. The van der Waals surface area contributed by atoms with Gasteiger partial charge in [-0.2, -0.15) is 10.2 Å². The summed E-state index contributed by atoms with van der Waals surface area (Å²) in [4.78, 5) is 23.5. The minimum absolute atomic E-state index is 0.00854. The number of nitriles is 1. The Hall–Kier alpha value is -3.48. The van der Waals surface area contributed by atoms with Crippen LogP contribution in [0.2, 0.25) is 0 Å². The van der Waals surface area contributed by atoms with Crippen LogP contribution in [0.3, 0.4) is 0 Å². The largest absolute Gasteiger partial charge is 0.503 e. The number of phenols is 1. The van der Waals surface area contributed by atoms with Crippen molar-refractivity contribution in [3.63, 3.8) is 0 Å². The normalized spacial score (nSPS) is 16.3. The summed E-state index contributed by atoms with van der Waals surface area (Å²) in [6.45, 7) is 1.53. The number of amides is 1. The number of nitrogens with zero attached hydrogens (tertiary/aromatic N) is 5. The third kappa shape index (κ3) is 2.83. The number of fused-ring (bicyclic) bond motifs is 1. The van der Waals surface area contributed by atoms with E-state index in [-0.39, 0.29) is 24.1 Å². The van der Waals surface area contributed by atoms with Crippen LogP contribution >= 0.6 is 0 Å². The van der Waals surface area contributed by atoms with E-state index < -0.39 is 23.4 Å². The number of nitrogens with one attached hydrogen (secondary N) is 1. The van der Waals surface area contributed by atoms with Crippen molar-refractivity contribution in [1.82, 2.24) is 9.97 Å². The lowest BCUT2D eigenvalue weighted by molar-refractivity contribution is -0.119. The number of benzene rings is 1. The number of hydrogen-bond donors (Lipinski definition) is 2. The van der Waals surface area contributed by atoms with Crippen molar-refractivity contribution >= 4 is 29.0 Å². The van der Waals surface area contributed by atoms with Gasteiger partial charge in [0.15, 0.2) is 23.2 Å². The molecule has 2 heterocycles. The van der Waals surface area contributed by atoms with Gasteiger partial charge in [0.2, 0.25) is 5.95 Å². The fourth-order valence-electron chi connectivity index (χ4n) is 2.57. The zero-order chi connectivity index (χ0) is 19.0. The predicted molar refractivity (Wildman–Crippen MR) is 89.2 cm³/mol. The molecule has 0 unspecified atom stereocenters. The van der Waals surface area contributed by atoms with E-state index in [2.05, 4.69) is 15.3 Å². The third-order valence-corrected chi connectivity index (χ3v) is 4.08. The van der Waals surface area contributed by atoms with E-state index in [1.165, 1.54) is 11.1 Å². The molecule has 0 bridgehead atoms. The molecular formula is C16H14F2N6O2. The molecule has 1 aromatic heterocycles. The Morgan fingerprint density at radius 2 is 2.04 bits per heavy atom. The maximum Gasteiger partial charge on any atom is 0.250 e. The molecule has 0 radical (unpaired) electrons. The van der Waals surface area contributed by atoms with Crippen LogP contribution in [0.15, 0.2) is 18.3 Å². The van der Waals surface area contributed by atoms with E-state index in [0.717, 1.165) is 12.1 Å². The zero-order valence-corrected chi connectivity index (χ0v) is 13.9. The molecule has 1 aromatic carbocycles. The van der Waals surface area contributed by atoms with Crippen LogP contribution < -0.4 is 15.1 Å². The fraction of sp³-hybridized carbons (Fsp3) is 0.250. The molecule has 1 aliphatic heterocycles. The second kappa shape index (κ2) is 6.44. The van der Waals surface area contributed by atoms with Gasteiger partial charge in [0, 0.05) is 24.9 Å². The van der Waals surface area contributed by atoms with Crippen molar-refractivity contribution in [1.29, 1.82) is 5.26 Å². The van der Waals surface area contributed by atoms with E-state index in [4.69, 9.17) is 10.4 Å². The molecule has 2 aromatic rings. The smallest absolute Gasteiger partial charge is 0.250 e. The summed E-state index contributed by atoms with van der Waals surface area (Å²) in [5.74, 6) is -3.14.